The van der Waals surface area contributed by atoms with Gasteiger partial charge in [-0.1, -0.05) is 12.1 Å². The number of hydrogen-bond acceptors (Lipinski definition) is 7. The zero-order chi connectivity index (χ0) is 24.1. The van der Waals surface area contributed by atoms with Gasteiger partial charge in [-0.2, -0.15) is 0 Å². The molecule has 3 amide bonds. The maximum atomic E-state index is 13.1. The lowest BCUT2D eigenvalue weighted by molar-refractivity contribution is -0.135. The molecule has 34 heavy (non-hydrogen) atoms. The highest BCUT2D eigenvalue weighted by atomic mass is 16.4. The molecule has 0 unspecified atom stereocenters. The van der Waals surface area contributed by atoms with E-state index >= 15 is 0 Å². The number of nitrogens with zero attached hydrogens (tertiary/aromatic N) is 1. The van der Waals surface area contributed by atoms with Crippen LogP contribution in [0.5, 0.6) is 5.75 Å². The Morgan fingerprint density at radius 2 is 1.62 bits per heavy atom. The summed E-state index contributed by atoms with van der Waals surface area (Å²) in [7, 11) is 0. The third-order valence-corrected chi connectivity index (χ3v) is 5.71. The molecule has 0 saturated carbocycles. The SMILES string of the molecule is O=C(O)c1c(C(=O)N2C(=O)CCC2=O)cccc1-c1c2ccc(=O)cc-2oc2cc(O)ccc12. The first-order valence-corrected chi connectivity index (χ1v) is 10.2. The Kier molecular flexibility index (Phi) is 4.75. The molecule has 2 heterocycles. The zero-order valence-corrected chi connectivity index (χ0v) is 17.4. The number of aromatic hydroxyl groups is 1. The number of carboxylic acids is 1. The molecule has 5 rings (SSSR count). The first kappa shape index (κ1) is 21.1. The molecular weight excluding hydrogens is 442 g/mol. The number of carbonyl (C=O) groups is 4. The van der Waals surface area contributed by atoms with Crippen molar-refractivity contribution in [2.45, 2.75) is 12.8 Å². The zero-order valence-electron chi connectivity index (χ0n) is 17.4. The standard InChI is InChI=1S/C25H15NO8/c27-12-4-6-14-18(10-12)34-19-11-13(28)5-7-15(19)22(14)16-2-1-3-17(23(16)25(32)33)24(31)26-20(29)8-9-21(26)30/h1-7,10-11,27H,8-9H2,(H,32,33). The van der Waals surface area contributed by atoms with Crippen molar-refractivity contribution in [3.63, 3.8) is 0 Å². The number of carbonyl (C=O) groups excluding carboxylic acids is 3. The van der Waals surface area contributed by atoms with E-state index in [4.69, 9.17) is 4.42 Å². The number of carboxylic acid groups (broad SMARTS) is 1. The van der Waals surface area contributed by atoms with Crippen molar-refractivity contribution in [2.75, 3.05) is 0 Å². The fraction of sp³-hybridized carbons (Fsp3) is 0.0800. The Hall–Kier alpha value is -4.79. The number of aromatic carboxylic acids is 1. The van der Waals surface area contributed by atoms with Crippen molar-refractivity contribution in [2.24, 2.45) is 0 Å². The third kappa shape index (κ3) is 3.22. The van der Waals surface area contributed by atoms with E-state index in [1.807, 2.05) is 0 Å². The average Bonchev–Trinajstić information content (AvgIpc) is 3.14. The van der Waals surface area contributed by atoms with Crippen molar-refractivity contribution in [3.05, 3.63) is 75.9 Å². The second-order valence-electron chi connectivity index (χ2n) is 7.78. The number of phenols is 1. The van der Waals surface area contributed by atoms with E-state index in [-0.39, 0.29) is 46.5 Å². The smallest absolute Gasteiger partial charge is 0.337 e. The summed E-state index contributed by atoms with van der Waals surface area (Å²) in [6.45, 7) is 0. The molecule has 1 aliphatic carbocycles. The predicted octanol–water partition coefficient (Wildman–Crippen LogP) is 3.26. The summed E-state index contributed by atoms with van der Waals surface area (Å²) >= 11 is 0. The largest absolute Gasteiger partial charge is 0.508 e. The van der Waals surface area contributed by atoms with Crippen LogP contribution in [0.2, 0.25) is 0 Å². The van der Waals surface area contributed by atoms with Gasteiger partial charge in [0.15, 0.2) is 5.43 Å². The van der Waals surface area contributed by atoms with Gasteiger partial charge >= 0.3 is 5.97 Å². The van der Waals surface area contributed by atoms with Crippen LogP contribution in [-0.4, -0.2) is 38.8 Å². The van der Waals surface area contributed by atoms with Gasteiger partial charge in [-0.05, 0) is 35.9 Å². The molecule has 2 aromatic rings. The van der Waals surface area contributed by atoms with Crippen molar-refractivity contribution in [1.29, 1.82) is 0 Å². The molecule has 0 radical (unpaired) electrons. The van der Waals surface area contributed by atoms with Gasteiger partial charge in [0.25, 0.3) is 5.91 Å². The quantitative estimate of drug-likeness (QED) is 0.353. The molecule has 0 aromatic heterocycles. The van der Waals surface area contributed by atoms with Gasteiger partial charge in [-0.3, -0.25) is 19.2 Å². The number of benzene rings is 3. The molecule has 3 aliphatic rings. The highest BCUT2D eigenvalue weighted by Crippen LogP contribution is 2.42. The molecule has 2 N–H and O–H groups in total. The monoisotopic (exact) mass is 457 g/mol. The Bertz CT molecular complexity index is 1570. The van der Waals surface area contributed by atoms with Crippen LogP contribution in [0.25, 0.3) is 33.4 Å². The van der Waals surface area contributed by atoms with Crippen molar-refractivity contribution in [3.8, 4) is 28.2 Å². The van der Waals surface area contributed by atoms with Crippen LogP contribution in [0.1, 0.15) is 33.6 Å². The number of likely N-dealkylation sites (tertiary alicyclic amines) is 1. The first-order chi connectivity index (χ1) is 16.3. The molecule has 9 heteroatoms. The second kappa shape index (κ2) is 7.66. The van der Waals surface area contributed by atoms with Crippen LogP contribution >= 0.6 is 0 Å². The highest BCUT2D eigenvalue weighted by Gasteiger charge is 2.37. The molecule has 168 valence electrons. The highest BCUT2D eigenvalue weighted by molar-refractivity contribution is 6.23. The lowest BCUT2D eigenvalue weighted by Gasteiger charge is -2.19. The van der Waals surface area contributed by atoms with E-state index in [2.05, 4.69) is 0 Å². The number of rotatable bonds is 3. The average molecular weight is 457 g/mol. The summed E-state index contributed by atoms with van der Waals surface area (Å²) < 4.78 is 5.79. The summed E-state index contributed by atoms with van der Waals surface area (Å²) in [5, 5.41) is 20.4. The van der Waals surface area contributed by atoms with E-state index in [1.54, 1.807) is 0 Å². The summed E-state index contributed by atoms with van der Waals surface area (Å²) in [6, 6.07) is 12.4. The molecule has 0 bridgehead atoms. The molecule has 0 atom stereocenters. The molecule has 2 aliphatic heterocycles. The Morgan fingerprint density at radius 1 is 0.882 bits per heavy atom. The molecule has 1 saturated heterocycles. The fourth-order valence-corrected chi connectivity index (χ4v) is 4.24. The number of imide groups is 3. The number of amides is 3. The fourth-order valence-electron chi connectivity index (χ4n) is 4.24. The lowest BCUT2D eigenvalue weighted by atomic mass is 9.88. The summed E-state index contributed by atoms with van der Waals surface area (Å²) in [6.07, 6.45) is -0.244. The Morgan fingerprint density at radius 3 is 2.32 bits per heavy atom. The van der Waals surface area contributed by atoms with E-state index in [1.165, 1.54) is 54.6 Å². The van der Waals surface area contributed by atoms with Crippen LogP contribution < -0.4 is 5.43 Å². The van der Waals surface area contributed by atoms with E-state index in [0.717, 1.165) is 0 Å². The van der Waals surface area contributed by atoms with Gasteiger partial charge in [0.2, 0.25) is 11.8 Å². The lowest BCUT2D eigenvalue weighted by Crippen LogP contribution is -2.36. The third-order valence-electron chi connectivity index (χ3n) is 5.71. The Balaban J connectivity index is 1.85. The number of fused-ring (bicyclic) bond motifs is 2. The van der Waals surface area contributed by atoms with Gasteiger partial charge in [0.05, 0.1) is 11.1 Å². The molecule has 2 aromatic carbocycles. The second-order valence-corrected chi connectivity index (χ2v) is 7.78. The predicted molar refractivity (Wildman–Crippen MR) is 119 cm³/mol. The van der Waals surface area contributed by atoms with Crippen LogP contribution in [0, 0.1) is 0 Å². The van der Waals surface area contributed by atoms with Crippen molar-refractivity contribution < 1.29 is 33.8 Å². The van der Waals surface area contributed by atoms with Gasteiger partial charge < -0.3 is 14.6 Å². The van der Waals surface area contributed by atoms with Gasteiger partial charge in [0, 0.05) is 41.5 Å². The van der Waals surface area contributed by atoms with Gasteiger partial charge in [-0.15, -0.1) is 0 Å². The first-order valence-electron chi connectivity index (χ1n) is 10.2. The van der Waals surface area contributed by atoms with Gasteiger partial charge in [0.1, 0.15) is 17.1 Å². The number of phenolic OH excluding ortho intramolecular Hbond substituents is 1. The van der Waals surface area contributed by atoms with Crippen LogP contribution in [0.4, 0.5) is 0 Å². The van der Waals surface area contributed by atoms with E-state index in [9.17, 15) is 34.2 Å². The maximum Gasteiger partial charge on any atom is 0.337 e. The normalized spacial score (nSPS) is 13.7. The molecule has 0 spiro atoms. The minimum absolute atomic E-state index is 0.103. The minimum Gasteiger partial charge on any atom is -0.508 e. The topological polar surface area (TPSA) is 142 Å². The van der Waals surface area contributed by atoms with Crippen molar-refractivity contribution >= 4 is 34.7 Å². The molecule has 1 fully saturated rings. The summed E-state index contributed by atoms with van der Waals surface area (Å²) in [5.74, 6) is -3.79. The number of hydrogen-bond donors (Lipinski definition) is 2. The minimum atomic E-state index is -1.45. The van der Waals surface area contributed by atoms with Crippen LogP contribution in [-0.2, 0) is 9.59 Å². The molecular formula is C25H15NO8. The van der Waals surface area contributed by atoms with E-state index < -0.39 is 29.3 Å². The van der Waals surface area contributed by atoms with Crippen LogP contribution in [0.15, 0.2) is 63.8 Å². The maximum absolute atomic E-state index is 13.1. The molecule has 9 nitrogen and oxygen atoms in total. The van der Waals surface area contributed by atoms with Gasteiger partial charge in [-0.25, -0.2) is 9.69 Å². The van der Waals surface area contributed by atoms with Crippen molar-refractivity contribution in [1.82, 2.24) is 4.90 Å². The Labute approximate surface area is 190 Å². The summed E-state index contributed by atoms with van der Waals surface area (Å²) in [5.41, 5.74) is -0.0163. The summed E-state index contributed by atoms with van der Waals surface area (Å²) in [4.78, 5) is 62.2. The van der Waals surface area contributed by atoms with E-state index in [0.29, 0.717) is 21.4 Å². The van der Waals surface area contributed by atoms with Crippen LogP contribution in [0.3, 0.4) is 0 Å².